The number of rotatable bonds is 9. The van der Waals surface area contributed by atoms with Crippen LogP contribution in [0, 0.1) is 6.92 Å². The van der Waals surface area contributed by atoms with Crippen LogP contribution in [0.2, 0.25) is 0 Å². The molecule has 1 aromatic carbocycles. The van der Waals surface area contributed by atoms with E-state index in [4.69, 9.17) is 9.47 Å². The number of pyridine rings is 1. The van der Waals surface area contributed by atoms with Gasteiger partial charge in [0, 0.05) is 18.0 Å². The first-order valence-corrected chi connectivity index (χ1v) is 12.1. The lowest BCUT2D eigenvalue weighted by atomic mass is 9.95. The number of ether oxygens (including phenoxy) is 2. The highest BCUT2D eigenvalue weighted by atomic mass is 32.1. The van der Waals surface area contributed by atoms with Crippen molar-refractivity contribution in [3.05, 3.63) is 64.4 Å². The summed E-state index contributed by atoms with van der Waals surface area (Å²) in [5.74, 6) is -0.873. The minimum atomic E-state index is -0.932. The van der Waals surface area contributed by atoms with E-state index in [1.54, 1.807) is 37.3 Å². The van der Waals surface area contributed by atoms with Crippen molar-refractivity contribution in [1.82, 2.24) is 15.2 Å². The number of benzene rings is 1. The van der Waals surface area contributed by atoms with Crippen molar-refractivity contribution in [3.8, 4) is 11.5 Å². The molecule has 10 heteroatoms. The van der Waals surface area contributed by atoms with E-state index in [1.807, 2.05) is 0 Å². The molecule has 0 aliphatic carbocycles. The minimum absolute atomic E-state index is 0.0484. The number of nitrogens with zero attached hydrogens (tertiary/aromatic N) is 4. The molecule has 1 aliphatic heterocycles. The zero-order valence-electron chi connectivity index (χ0n) is 19.7. The van der Waals surface area contributed by atoms with Crippen LogP contribution < -0.4 is 14.4 Å². The van der Waals surface area contributed by atoms with Gasteiger partial charge in [-0.2, -0.15) is 0 Å². The summed E-state index contributed by atoms with van der Waals surface area (Å²) in [6, 6.07) is 7.43. The van der Waals surface area contributed by atoms with Gasteiger partial charge in [0.1, 0.15) is 10.8 Å². The molecule has 3 aromatic rings. The third kappa shape index (κ3) is 4.88. The van der Waals surface area contributed by atoms with Crippen LogP contribution in [0.15, 0.2) is 48.3 Å². The highest BCUT2D eigenvalue weighted by Crippen LogP contribution is 2.44. The molecule has 1 fully saturated rings. The predicted molar refractivity (Wildman–Crippen MR) is 132 cm³/mol. The number of carbonyl (C=O) groups excluding carboxylic acids is 2. The number of amides is 1. The molecule has 1 atom stereocenters. The second kappa shape index (κ2) is 10.6. The predicted octanol–water partition coefficient (Wildman–Crippen LogP) is 4.45. The summed E-state index contributed by atoms with van der Waals surface area (Å²) in [6.45, 7) is 4.43. The number of aliphatic hydroxyl groups is 1. The second-order valence-electron chi connectivity index (χ2n) is 7.97. The van der Waals surface area contributed by atoms with Crippen molar-refractivity contribution < 1.29 is 24.2 Å². The van der Waals surface area contributed by atoms with Crippen molar-refractivity contribution in [2.75, 3.05) is 18.6 Å². The first-order valence-electron chi connectivity index (χ1n) is 11.3. The van der Waals surface area contributed by atoms with Crippen molar-refractivity contribution >= 4 is 33.9 Å². The van der Waals surface area contributed by atoms with Crippen molar-refractivity contribution in [3.63, 3.8) is 0 Å². The molecule has 1 amide bonds. The number of hydrogen-bond acceptors (Lipinski definition) is 9. The molecule has 4 rings (SSSR count). The molecular formula is C25H26N4O5S. The van der Waals surface area contributed by atoms with Crippen LogP contribution in [0.5, 0.6) is 11.5 Å². The van der Waals surface area contributed by atoms with Crippen molar-refractivity contribution in [2.45, 2.75) is 39.2 Å². The molecule has 0 bridgehead atoms. The first-order chi connectivity index (χ1) is 17.0. The molecule has 0 spiro atoms. The van der Waals surface area contributed by atoms with Crippen LogP contribution in [-0.2, 0) is 9.59 Å². The van der Waals surface area contributed by atoms with Gasteiger partial charge in [0.25, 0.3) is 5.78 Å². The maximum absolute atomic E-state index is 13.2. The largest absolute Gasteiger partial charge is 0.507 e. The van der Waals surface area contributed by atoms with Crippen LogP contribution in [-0.4, -0.2) is 45.7 Å². The number of ketones is 1. The summed E-state index contributed by atoms with van der Waals surface area (Å²) in [7, 11) is 1.53. The van der Waals surface area contributed by atoms with E-state index in [2.05, 4.69) is 22.1 Å². The molecule has 2 aromatic heterocycles. The van der Waals surface area contributed by atoms with E-state index in [9.17, 15) is 14.7 Å². The number of hydrogen-bond donors (Lipinski definition) is 1. The summed E-state index contributed by atoms with van der Waals surface area (Å²) in [5, 5.41) is 20.1. The summed E-state index contributed by atoms with van der Waals surface area (Å²) < 4.78 is 11.4. The number of Topliss-reactive ketones (excluding diaryl/α,β-unsaturated/α-hetero) is 1. The normalized spacial score (nSPS) is 17.1. The third-order valence-corrected chi connectivity index (χ3v) is 6.47. The molecule has 182 valence electrons. The van der Waals surface area contributed by atoms with Crippen LogP contribution in [0.1, 0.15) is 48.4 Å². The molecule has 0 radical (unpaired) electrons. The molecule has 9 nitrogen and oxygen atoms in total. The van der Waals surface area contributed by atoms with Gasteiger partial charge >= 0.3 is 5.91 Å². The highest BCUT2D eigenvalue weighted by molar-refractivity contribution is 7.15. The van der Waals surface area contributed by atoms with E-state index >= 15 is 0 Å². The fraction of sp³-hybridized carbons (Fsp3) is 0.320. The van der Waals surface area contributed by atoms with E-state index in [-0.39, 0.29) is 16.5 Å². The van der Waals surface area contributed by atoms with Gasteiger partial charge in [-0.1, -0.05) is 37.2 Å². The quantitative estimate of drug-likeness (QED) is 0.201. The Morgan fingerprint density at radius 3 is 2.54 bits per heavy atom. The summed E-state index contributed by atoms with van der Waals surface area (Å²) in [6.07, 6.45) is 6.07. The van der Waals surface area contributed by atoms with Crippen LogP contribution in [0.25, 0.3) is 5.76 Å². The number of anilines is 1. The van der Waals surface area contributed by atoms with E-state index < -0.39 is 17.7 Å². The Balaban J connectivity index is 1.82. The lowest BCUT2D eigenvalue weighted by Crippen LogP contribution is -2.29. The number of carbonyl (C=O) groups is 2. The number of aryl methyl sites for hydroxylation is 1. The Kier molecular flexibility index (Phi) is 7.40. The molecule has 1 saturated heterocycles. The lowest BCUT2D eigenvalue weighted by molar-refractivity contribution is -0.132. The molecular weight excluding hydrogens is 468 g/mol. The Labute approximate surface area is 207 Å². The summed E-state index contributed by atoms with van der Waals surface area (Å²) >= 11 is 1.19. The number of unbranched alkanes of at least 4 members (excludes halogenated alkanes) is 2. The van der Waals surface area contributed by atoms with Gasteiger partial charge in [0.05, 0.1) is 25.3 Å². The lowest BCUT2D eigenvalue weighted by Gasteiger charge is -2.23. The van der Waals surface area contributed by atoms with Crippen LogP contribution in [0.3, 0.4) is 0 Å². The Bertz CT molecular complexity index is 1260. The van der Waals surface area contributed by atoms with Crippen molar-refractivity contribution in [2.24, 2.45) is 0 Å². The number of methoxy groups -OCH3 is 1. The van der Waals surface area contributed by atoms with Gasteiger partial charge < -0.3 is 14.6 Å². The maximum atomic E-state index is 13.2. The smallest absolute Gasteiger partial charge is 0.301 e. The standard InChI is InChI=1S/C25H26N4O5S/c1-4-5-6-13-34-18-8-7-17(14-19(18)33-3)21-20(22(30)16-9-11-26-12-10-16)23(31)24(32)29(21)25-28-27-15(2)35-25/h7-12,14,21,30H,4-6,13H2,1-3H3/b22-20+. The number of aromatic nitrogens is 3. The van der Waals surface area contributed by atoms with Gasteiger partial charge in [-0.25, -0.2) is 0 Å². The van der Waals surface area contributed by atoms with Gasteiger partial charge in [0.2, 0.25) is 5.13 Å². The zero-order valence-corrected chi connectivity index (χ0v) is 20.5. The van der Waals surface area contributed by atoms with E-state index in [0.717, 1.165) is 19.3 Å². The molecule has 1 unspecified atom stereocenters. The van der Waals surface area contributed by atoms with Gasteiger partial charge in [0.15, 0.2) is 11.5 Å². The SMILES string of the molecule is CCCCCOc1ccc(C2/C(=C(\O)c3ccncc3)C(=O)C(=O)N2c2nnc(C)s2)cc1OC. The molecule has 1 N–H and O–H groups in total. The summed E-state index contributed by atoms with van der Waals surface area (Å²) in [4.78, 5) is 31.6. The fourth-order valence-electron chi connectivity index (χ4n) is 3.90. The molecule has 0 saturated carbocycles. The molecule has 1 aliphatic rings. The van der Waals surface area contributed by atoms with Crippen molar-refractivity contribution in [1.29, 1.82) is 0 Å². The van der Waals surface area contributed by atoms with Crippen LogP contribution in [0.4, 0.5) is 5.13 Å². The highest BCUT2D eigenvalue weighted by Gasteiger charge is 2.48. The van der Waals surface area contributed by atoms with Gasteiger partial charge in [-0.15, -0.1) is 10.2 Å². The first kappa shape index (κ1) is 24.3. The Morgan fingerprint density at radius 2 is 1.89 bits per heavy atom. The average Bonchev–Trinajstić information content (AvgIpc) is 3.42. The molecule has 35 heavy (non-hydrogen) atoms. The van der Waals surface area contributed by atoms with E-state index in [1.165, 1.54) is 35.7 Å². The van der Waals surface area contributed by atoms with Crippen LogP contribution >= 0.6 is 11.3 Å². The maximum Gasteiger partial charge on any atom is 0.301 e. The van der Waals surface area contributed by atoms with Gasteiger partial charge in [-0.3, -0.25) is 19.5 Å². The Hall–Kier alpha value is -3.79. The number of aliphatic hydroxyl groups excluding tert-OH is 1. The van der Waals surface area contributed by atoms with Gasteiger partial charge in [-0.05, 0) is 43.2 Å². The molecule has 3 heterocycles. The average molecular weight is 495 g/mol. The topological polar surface area (TPSA) is 115 Å². The summed E-state index contributed by atoms with van der Waals surface area (Å²) in [5.41, 5.74) is 0.887. The third-order valence-electron chi connectivity index (χ3n) is 5.63. The monoisotopic (exact) mass is 494 g/mol. The minimum Gasteiger partial charge on any atom is -0.507 e. The zero-order chi connectivity index (χ0) is 24.9. The Morgan fingerprint density at radius 1 is 1.11 bits per heavy atom. The second-order valence-corrected chi connectivity index (χ2v) is 9.13. The van der Waals surface area contributed by atoms with E-state index in [0.29, 0.717) is 34.2 Å². The fourth-order valence-corrected chi connectivity index (χ4v) is 4.62.